The van der Waals surface area contributed by atoms with E-state index in [0.717, 1.165) is 17.8 Å². The first kappa shape index (κ1) is 7.20. The molecule has 0 aromatic carbocycles. The molecule has 1 aliphatic carbocycles. The summed E-state index contributed by atoms with van der Waals surface area (Å²) in [5.74, 6) is -0.649. The summed E-state index contributed by atoms with van der Waals surface area (Å²) in [5.41, 5.74) is 0.219. The highest BCUT2D eigenvalue weighted by Crippen LogP contribution is 2.43. The zero-order valence-electron chi connectivity index (χ0n) is 6.57. The fraction of sp³-hybridized carbons (Fsp3) is 0.375. The number of aromatic nitrogens is 1. The van der Waals surface area contributed by atoms with Gasteiger partial charge in [0, 0.05) is 5.92 Å². The van der Waals surface area contributed by atoms with Crippen molar-refractivity contribution in [3.05, 3.63) is 15.6 Å². The standard InChI is InChI=1S/C8H5NO3S/c10-7-4-5(8(11)12-7)13-6(9-4)3-1-2-3/h3H,1-2H2. The van der Waals surface area contributed by atoms with E-state index in [1.165, 1.54) is 11.3 Å². The summed E-state index contributed by atoms with van der Waals surface area (Å²) in [7, 11) is 0. The van der Waals surface area contributed by atoms with Crippen molar-refractivity contribution in [1.82, 2.24) is 4.98 Å². The maximum absolute atomic E-state index is 11.1. The summed E-state index contributed by atoms with van der Waals surface area (Å²) >= 11 is 1.30. The van der Waals surface area contributed by atoms with Crippen LogP contribution in [0.2, 0.25) is 0 Å². The summed E-state index contributed by atoms with van der Waals surface area (Å²) in [6.45, 7) is 0. The number of carbonyl (C=O) groups excluding carboxylic acids is 2. The van der Waals surface area contributed by atoms with E-state index < -0.39 is 11.9 Å². The van der Waals surface area contributed by atoms with E-state index in [-0.39, 0.29) is 5.69 Å². The third-order valence-corrected chi connectivity index (χ3v) is 3.33. The van der Waals surface area contributed by atoms with Crippen molar-refractivity contribution in [2.45, 2.75) is 18.8 Å². The van der Waals surface area contributed by atoms with Crippen LogP contribution < -0.4 is 0 Å². The van der Waals surface area contributed by atoms with Crippen LogP contribution in [0.3, 0.4) is 0 Å². The van der Waals surface area contributed by atoms with E-state index >= 15 is 0 Å². The predicted octanol–water partition coefficient (Wildman–Crippen LogP) is 1.33. The molecular weight excluding hydrogens is 190 g/mol. The summed E-state index contributed by atoms with van der Waals surface area (Å²) in [6, 6.07) is 0. The SMILES string of the molecule is O=C1OC(=O)c2sc(C3CC3)nc21. The number of fused-ring (bicyclic) bond motifs is 1. The van der Waals surface area contributed by atoms with Crippen LogP contribution in [0.5, 0.6) is 0 Å². The molecule has 66 valence electrons. The summed E-state index contributed by atoms with van der Waals surface area (Å²) in [5, 5.41) is 0.912. The van der Waals surface area contributed by atoms with Gasteiger partial charge < -0.3 is 4.74 Å². The lowest BCUT2D eigenvalue weighted by Gasteiger charge is -1.88. The molecule has 0 spiro atoms. The first-order valence-corrected chi connectivity index (χ1v) is 4.84. The quantitative estimate of drug-likeness (QED) is 0.501. The maximum atomic E-state index is 11.1. The van der Waals surface area contributed by atoms with E-state index in [2.05, 4.69) is 9.72 Å². The topological polar surface area (TPSA) is 56.3 Å². The molecule has 0 atom stereocenters. The molecule has 1 aliphatic heterocycles. The van der Waals surface area contributed by atoms with Gasteiger partial charge in [-0.3, -0.25) is 0 Å². The molecule has 1 fully saturated rings. The number of nitrogens with zero attached hydrogens (tertiary/aromatic N) is 1. The van der Waals surface area contributed by atoms with Crippen molar-refractivity contribution < 1.29 is 14.3 Å². The minimum atomic E-state index is -0.594. The van der Waals surface area contributed by atoms with E-state index in [9.17, 15) is 9.59 Å². The normalized spacial score (nSPS) is 20.3. The fourth-order valence-corrected chi connectivity index (χ4v) is 2.40. The van der Waals surface area contributed by atoms with E-state index in [0.29, 0.717) is 10.8 Å². The molecule has 1 saturated carbocycles. The second-order valence-electron chi connectivity index (χ2n) is 3.18. The molecule has 5 heteroatoms. The summed E-state index contributed by atoms with van der Waals surface area (Å²) in [4.78, 5) is 26.6. The van der Waals surface area contributed by atoms with Gasteiger partial charge in [0.25, 0.3) is 0 Å². The lowest BCUT2D eigenvalue weighted by Crippen LogP contribution is -1.99. The zero-order valence-corrected chi connectivity index (χ0v) is 7.39. The number of esters is 2. The Balaban J connectivity index is 2.12. The lowest BCUT2D eigenvalue weighted by atomic mass is 10.4. The third kappa shape index (κ3) is 0.935. The Bertz CT molecular complexity index is 388. The number of carbonyl (C=O) groups is 2. The van der Waals surface area contributed by atoms with E-state index in [1.54, 1.807) is 0 Å². The van der Waals surface area contributed by atoms with Gasteiger partial charge in [-0.05, 0) is 12.8 Å². The highest BCUT2D eigenvalue weighted by atomic mass is 32.1. The molecule has 0 unspecified atom stereocenters. The minimum Gasteiger partial charge on any atom is -0.384 e. The Hall–Kier alpha value is -1.23. The average molecular weight is 195 g/mol. The predicted molar refractivity (Wildman–Crippen MR) is 43.8 cm³/mol. The lowest BCUT2D eigenvalue weighted by molar-refractivity contribution is 0.0442. The molecule has 0 amide bonds. The average Bonchev–Trinajstić information content (AvgIpc) is 2.78. The van der Waals surface area contributed by atoms with Gasteiger partial charge in [0.15, 0.2) is 5.69 Å². The first-order valence-electron chi connectivity index (χ1n) is 4.03. The van der Waals surface area contributed by atoms with Crippen LogP contribution >= 0.6 is 11.3 Å². The van der Waals surface area contributed by atoms with Gasteiger partial charge in [0.2, 0.25) is 0 Å². The molecule has 2 aliphatic rings. The molecule has 13 heavy (non-hydrogen) atoms. The number of rotatable bonds is 1. The largest absolute Gasteiger partial charge is 0.384 e. The Morgan fingerprint density at radius 1 is 1.31 bits per heavy atom. The molecule has 2 heterocycles. The molecule has 1 aromatic rings. The molecule has 4 nitrogen and oxygen atoms in total. The number of hydrogen-bond donors (Lipinski definition) is 0. The molecule has 0 saturated heterocycles. The second-order valence-corrected chi connectivity index (χ2v) is 4.21. The second kappa shape index (κ2) is 2.17. The van der Waals surface area contributed by atoms with Crippen molar-refractivity contribution in [2.75, 3.05) is 0 Å². The number of thiazole rings is 1. The monoisotopic (exact) mass is 195 g/mol. The smallest absolute Gasteiger partial charge is 0.366 e. The Labute approximate surface area is 77.5 Å². The third-order valence-electron chi connectivity index (χ3n) is 2.13. The van der Waals surface area contributed by atoms with Crippen molar-refractivity contribution in [3.8, 4) is 0 Å². The van der Waals surface area contributed by atoms with Crippen LogP contribution in [0.1, 0.15) is 43.9 Å². The van der Waals surface area contributed by atoms with E-state index in [4.69, 9.17) is 0 Å². The van der Waals surface area contributed by atoms with Gasteiger partial charge in [-0.2, -0.15) is 0 Å². The van der Waals surface area contributed by atoms with Gasteiger partial charge in [-0.15, -0.1) is 11.3 Å². The van der Waals surface area contributed by atoms with Crippen molar-refractivity contribution in [3.63, 3.8) is 0 Å². The summed E-state index contributed by atoms with van der Waals surface area (Å²) in [6.07, 6.45) is 2.24. The van der Waals surface area contributed by atoms with Crippen LogP contribution in [-0.2, 0) is 4.74 Å². The Morgan fingerprint density at radius 3 is 2.69 bits per heavy atom. The molecule has 3 rings (SSSR count). The highest BCUT2D eigenvalue weighted by molar-refractivity contribution is 7.14. The van der Waals surface area contributed by atoms with Crippen LogP contribution in [0.15, 0.2) is 0 Å². The van der Waals surface area contributed by atoms with Crippen LogP contribution in [0, 0.1) is 0 Å². The number of hydrogen-bond acceptors (Lipinski definition) is 5. The molecule has 0 N–H and O–H groups in total. The zero-order chi connectivity index (χ0) is 9.00. The Morgan fingerprint density at radius 2 is 2.08 bits per heavy atom. The van der Waals surface area contributed by atoms with Gasteiger partial charge in [0.05, 0.1) is 5.01 Å². The molecular formula is C8H5NO3S. The highest BCUT2D eigenvalue weighted by Gasteiger charge is 2.37. The fourth-order valence-electron chi connectivity index (χ4n) is 1.30. The van der Waals surface area contributed by atoms with Crippen molar-refractivity contribution in [2.24, 2.45) is 0 Å². The van der Waals surface area contributed by atoms with E-state index in [1.807, 2.05) is 0 Å². The van der Waals surface area contributed by atoms with Gasteiger partial charge >= 0.3 is 11.9 Å². The van der Waals surface area contributed by atoms with Gasteiger partial charge in [-0.25, -0.2) is 14.6 Å². The van der Waals surface area contributed by atoms with Gasteiger partial charge in [0.1, 0.15) is 4.88 Å². The first-order chi connectivity index (χ1) is 6.25. The number of cyclic esters (lactones) is 2. The molecule has 1 aromatic heterocycles. The van der Waals surface area contributed by atoms with Crippen molar-refractivity contribution >= 4 is 23.3 Å². The summed E-state index contributed by atoms with van der Waals surface area (Å²) < 4.78 is 4.40. The number of ether oxygens (including phenoxy) is 1. The van der Waals surface area contributed by atoms with Crippen LogP contribution in [0.4, 0.5) is 0 Å². The van der Waals surface area contributed by atoms with Crippen LogP contribution in [0.25, 0.3) is 0 Å². The van der Waals surface area contributed by atoms with Gasteiger partial charge in [-0.1, -0.05) is 0 Å². The molecule has 0 bridgehead atoms. The van der Waals surface area contributed by atoms with Crippen LogP contribution in [-0.4, -0.2) is 16.9 Å². The molecule has 0 radical (unpaired) electrons. The maximum Gasteiger partial charge on any atom is 0.366 e. The minimum absolute atomic E-state index is 0.219. The van der Waals surface area contributed by atoms with Crippen molar-refractivity contribution in [1.29, 1.82) is 0 Å². The Kier molecular flexibility index (Phi) is 1.20.